The van der Waals surface area contributed by atoms with Gasteiger partial charge in [0.05, 0.1) is 131 Å². The molecule has 0 radical (unpaired) electrons. The van der Waals surface area contributed by atoms with Gasteiger partial charge in [-0.3, -0.25) is 71.9 Å². The lowest BCUT2D eigenvalue weighted by Crippen LogP contribution is -2.66. The minimum Gasteiger partial charge on any atom is -0.463 e. The van der Waals surface area contributed by atoms with E-state index in [0.29, 0.717) is 31.2 Å². The molecule has 17 atom stereocenters. The third-order valence-electron chi connectivity index (χ3n) is 19.1. The summed E-state index contributed by atoms with van der Waals surface area (Å²) in [6, 6.07) is 4.37. The van der Waals surface area contributed by atoms with Crippen LogP contribution in [0.25, 0.3) is 0 Å². The van der Waals surface area contributed by atoms with Crippen LogP contribution in [0.2, 0.25) is 0 Å². The first-order valence-corrected chi connectivity index (χ1v) is 44.6. The Labute approximate surface area is 783 Å². The summed E-state index contributed by atoms with van der Waals surface area (Å²) in [5.74, 6) is -11.1. The highest BCUT2D eigenvalue weighted by atomic mass is 16.7. The van der Waals surface area contributed by atoms with Crippen molar-refractivity contribution in [2.75, 3.05) is 178 Å². The number of unbranched alkanes of at least 4 members (excludes halogenated alkanes) is 2. The molecule has 135 heavy (non-hydrogen) atoms. The Hall–Kier alpha value is -9.90. The standard InChI is InChI=1S/C87H137N7O41/c1-53(2)91-74-80(130-62(11)103)77(127-59(8)100)68(47-123-56(5)97)133-85(74)120-42-39-114-30-27-111-33-36-117-50-71(106)88-25-19-17-23-66(45-90-73(108)52-119-38-35-113-29-32-116-41-44-122-87-76(93-55(4)96)82(132-64(13)105)79(129-61(10)102)70(135-87)49-125-58(7)99)83(109)94-67(84(110)126-46-65-21-15-14-16-22-65)24-18-20-26-89-72(107)51-118-37-34-112-28-31-115-40-43-121-86-75(92-54(3)95)81(131-63(12)104)78(128-60(9)101)69(134-86)48-124-57(6)98/h14-16,21-22,53,66-70,74-82,85-87,91H,17-20,23-52H2,1-13H3,(H,88,106)(H,89,107)(H,90,108)(H,92,95)(H,93,96)(H,94,109)/t66-,67+,68-,69-,70-,74-,75-,76-,77+,78+,79+,80-,81-,82-,85-,86-,87-/m1/s1. The minimum atomic E-state index is -1.31. The molecule has 0 spiro atoms. The van der Waals surface area contributed by atoms with Gasteiger partial charge >= 0.3 is 59.7 Å². The Morgan fingerprint density at radius 3 is 0.985 bits per heavy atom. The van der Waals surface area contributed by atoms with Crippen LogP contribution in [-0.2, 0) is 202 Å². The third kappa shape index (κ3) is 51.7. The van der Waals surface area contributed by atoms with Crippen LogP contribution in [0, 0.1) is 5.92 Å². The third-order valence-corrected chi connectivity index (χ3v) is 19.1. The second kappa shape index (κ2) is 68.2. The number of esters is 10. The van der Waals surface area contributed by atoms with Gasteiger partial charge in [-0.2, -0.15) is 0 Å². The van der Waals surface area contributed by atoms with Gasteiger partial charge in [-0.1, -0.05) is 50.6 Å². The Balaban J connectivity index is 1.27. The molecule has 6 amide bonds. The van der Waals surface area contributed by atoms with Crippen LogP contribution in [0.4, 0.5) is 0 Å². The molecular formula is C87H137N7O41. The highest BCUT2D eigenvalue weighted by Crippen LogP contribution is 2.32. The summed E-state index contributed by atoms with van der Waals surface area (Å²) in [6.45, 7) is 15.2. The lowest BCUT2D eigenvalue weighted by atomic mass is 9.95. The monoisotopic (exact) mass is 1940 g/mol. The van der Waals surface area contributed by atoms with E-state index < -0.39 is 219 Å². The first kappa shape index (κ1) is 117. The lowest BCUT2D eigenvalue weighted by molar-refractivity contribution is -0.280. The van der Waals surface area contributed by atoms with Crippen molar-refractivity contribution in [2.45, 2.75) is 239 Å². The molecule has 3 fully saturated rings. The summed E-state index contributed by atoms with van der Waals surface area (Å²) in [5.41, 5.74) is 0.683. The molecule has 1 aromatic rings. The van der Waals surface area contributed by atoms with Gasteiger partial charge < -0.3 is 156 Å². The maximum absolute atomic E-state index is 14.4. The number of hydrogen-bond acceptors (Lipinski definition) is 42. The molecule has 0 aromatic heterocycles. The van der Waals surface area contributed by atoms with Crippen LogP contribution in [-0.4, -0.2) is 377 Å². The summed E-state index contributed by atoms with van der Waals surface area (Å²) < 4.78 is 140. The SMILES string of the molecule is CC(=O)N[C@H]1[C@H](OCCOCCOCCOCC(=O)NCCCC[C@H](NC(=O)[C@H](CCCCNC(=O)COCCOCCOCCO[C@@H]2O[C@H](COC(C)=O)[C@H](OC(C)=O)[C@H](OC(C)=O)[C@H]2NC(C)C)CNC(=O)COCCOCCOCCO[C@@H]2O[C@H](COC(C)=O)[C@H](OC(C)=O)[C@H](OC(C)=O)[C@H]2NC(C)=O)C(=O)OCc2ccccc2)O[C@H](COC(C)=O)[C@H](OC(C)=O)[C@@H]1OC(C)=O. The Morgan fingerprint density at radius 1 is 0.341 bits per heavy atom. The number of carbonyl (C=O) groups is 16. The van der Waals surface area contributed by atoms with Crippen LogP contribution in [0.15, 0.2) is 30.3 Å². The molecule has 3 aliphatic rings. The predicted octanol–water partition coefficient (Wildman–Crippen LogP) is -1.45. The van der Waals surface area contributed by atoms with Crippen LogP contribution < -0.4 is 37.2 Å². The number of nitrogens with one attached hydrogen (secondary N) is 7. The molecule has 0 unspecified atom stereocenters. The smallest absolute Gasteiger partial charge is 0.328 e. The van der Waals surface area contributed by atoms with Crippen LogP contribution >= 0.6 is 0 Å². The van der Waals surface area contributed by atoms with Gasteiger partial charge in [-0.05, 0) is 37.7 Å². The number of benzene rings is 1. The van der Waals surface area contributed by atoms with Crippen molar-refractivity contribution in [3.05, 3.63) is 35.9 Å². The van der Waals surface area contributed by atoms with E-state index in [4.69, 9.17) is 118 Å². The van der Waals surface area contributed by atoms with Gasteiger partial charge in [-0.15, -0.1) is 0 Å². The maximum Gasteiger partial charge on any atom is 0.328 e. The van der Waals surface area contributed by atoms with Crippen molar-refractivity contribution < 1.29 is 195 Å². The minimum absolute atomic E-state index is 0.00455. The number of ether oxygens (including phenoxy) is 25. The van der Waals surface area contributed by atoms with Crippen molar-refractivity contribution >= 4 is 95.1 Å². The molecule has 4 rings (SSSR count). The quantitative estimate of drug-likeness (QED) is 0.0223. The summed E-state index contributed by atoms with van der Waals surface area (Å²) in [4.78, 5) is 200. The number of amides is 6. The zero-order valence-electron chi connectivity index (χ0n) is 79.1. The number of carbonyl (C=O) groups excluding carboxylic acids is 16. The Bertz CT molecular complexity index is 3760. The van der Waals surface area contributed by atoms with E-state index in [9.17, 15) is 76.7 Å². The first-order valence-electron chi connectivity index (χ1n) is 44.6. The highest BCUT2D eigenvalue weighted by Gasteiger charge is 2.54. The number of rotatable bonds is 69. The van der Waals surface area contributed by atoms with Gasteiger partial charge in [0, 0.05) is 102 Å². The lowest BCUT2D eigenvalue weighted by Gasteiger charge is -2.45. The van der Waals surface area contributed by atoms with Gasteiger partial charge in [-0.25, -0.2) is 4.79 Å². The fourth-order valence-electron chi connectivity index (χ4n) is 13.5. The van der Waals surface area contributed by atoms with E-state index in [0.717, 1.165) is 41.5 Å². The fraction of sp³-hybridized carbons (Fsp3) is 0.747. The molecule has 48 nitrogen and oxygen atoms in total. The van der Waals surface area contributed by atoms with Gasteiger partial charge in [0.1, 0.15) is 82.7 Å². The van der Waals surface area contributed by atoms with Crippen molar-refractivity contribution in [3.63, 3.8) is 0 Å². The predicted molar refractivity (Wildman–Crippen MR) is 460 cm³/mol. The van der Waals surface area contributed by atoms with E-state index in [2.05, 4.69) is 37.2 Å². The Kier molecular flexibility index (Phi) is 59.3. The molecule has 0 aliphatic carbocycles. The van der Waals surface area contributed by atoms with Crippen LogP contribution in [0.1, 0.15) is 134 Å². The van der Waals surface area contributed by atoms with E-state index in [1.54, 1.807) is 30.3 Å². The second-order valence-electron chi connectivity index (χ2n) is 31.1. The van der Waals surface area contributed by atoms with Crippen molar-refractivity contribution in [1.82, 2.24) is 37.2 Å². The molecule has 0 saturated carbocycles. The molecule has 3 saturated heterocycles. The van der Waals surface area contributed by atoms with E-state index >= 15 is 0 Å². The van der Waals surface area contributed by atoms with E-state index in [-0.39, 0.29) is 184 Å². The zero-order chi connectivity index (χ0) is 99.4. The van der Waals surface area contributed by atoms with Gasteiger partial charge in [0.25, 0.3) is 0 Å². The molecule has 3 heterocycles. The van der Waals surface area contributed by atoms with Crippen LogP contribution in [0.5, 0.6) is 0 Å². The fourth-order valence-corrected chi connectivity index (χ4v) is 13.5. The molecule has 1 aromatic carbocycles. The average molecular weight is 1940 g/mol. The zero-order valence-corrected chi connectivity index (χ0v) is 79.1. The largest absolute Gasteiger partial charge is 0.463 e. The second-order valence-corrected chi connectivity index (χ2v) is 31.1. The molecule has 7 N–H and O–H groups in total. The van der Waals surface area contributed by atoms with Gasteiger partial charge in [0.15, 0.2) is 55.5 Å². The molecular weight excluding hydrogens is 1800 g/mol. The Morgan fingerprint density at radius 2 is 0.652 bits per heavy atom. The van der Waals surface area contributed by atoms with E-state index in [1.165, 1.54) is 34.6 Å². The average Bonchev–Trinajstić information content (AvgIpc) is 0.794. The van der Waals surface area contributed by atoms with Gasteiger partial charge in [0.2, 0.25) is 35.4 Å². The number of hydrogen-bond donors (Lipinski definition) is 7. The summed E-state index contributed by atoms with van der Waals surface area (Å²) in [7, 11) is 0. The van der Waals surface area contributed by atoms with Crippen molar-refractivity contribution in [2.24, 2.45) is 5.92 Å². The summed E-state index contributed by atoms with van der Waals surface area (Å²) >= 11 is 0. The molecule has 766 valence electrons. The van der Waals surface area contributed by atoms with Crippen molar-refractivity contribution in [1.29, 1.82) is 0 Å². The molecule has 0 bridgehead atoms. The summed E-state index contributed by atoms with van der Waals surface area (Å²) in [5, 5.41) is 19.6. The first-order chi connectivity index (χ1) is 64.5. The molecule has 48 heteroatoms. The van der Waals surface area contributed by atoms with Crippen LogP contribution in [0.3, 0.4) is 0 Å². The maximum atomic E-state index is 14.4. The van der Waals surface area contributed by atoms with Crippen molar-refractivity contribution in [3.8, 4) is 0 Å². The normalized spacial score (nSPS) is 21.7. The highest BCUT2D eigenvalue weighted by molar-refractivity contribution is 5.87. The topological polar surface area (TPSA) is 588 Å². The summed E-state index contributed by atoms with van der Waals surface area (Å²) in [6.07, 6.45) is -12.8. The van der Waals surface area contributed by atoms with E-state index in [1.807, 2.05) is 13.8 Å². The molecule has 3 aliphatic heterocycles.